The summed E-state index contributed by atoms with van der Waals surface area (Å²) >= 11 is 3.08. The highest BCUT2D eigenvalue weighted by Gasteiger charge is 2.12. The van der Waals surface area contributed by atoms with E-state index in [1.165, 1.54) is 23.5 Å². The number of rotatable bonds is 3. The molecule has 4 rings (SSSR count). The Kier molecular flexibility index (Phi) is 3.74. The Hall–Kier alpha value is -2.38. The fourth-order valence-corrected chi connectivity index (χ4v) is 4.51. The van der Waals surface area contributed by atoms with Crippen LogP contribution in [0.1, 0.15) is 10.6 Å². The Morgan fingerprint density at radius 2 is 1.71 bits per heavy atom. The van der Waals surface area contributed by atoms with Crippen molar-refractivity contribution in [2.75, 3.05) is 5.32 Å². The predicted octanol–water partition coefficient (Wildman–Crippen LogP) is 4.53. The maximum Gasteiger partial charge on any atom is 0.230 e. The minimum atomic E-state index is -0.311. The van der Waals surface area contributed by atoms with E-state index in [0.717, 1.165) is 31.0 Å². The van der Waals surface area contributed by atoms with E-state index in [9.17, 15) is 9.18 Å². The van der Waals surface area contributed by atoms with E-state index in [4.69, 9.17) is 0 Å². The van der Waals surface area contributed by atoms with Gasteiger partial charge in [0.05, 0.1) is 31.9 Å². The Labute approximate surface area is 145 Å². The molecule has 0 spiro atoms. The molecule has 0 aliphatic rings. The number of nitrogens with one attached hydrogen (secondary N) is 1. The first-order chi connectivity index (χ1) is 11.6. The molecule has 0 aliphatic carbocycles. The third-order valence-corrected chi connectivity index (χ3v) is 5.68. The highest BCUT2D eigenvalue weighted by atomic mass is 32.1. The normalized spacial score (nSPS) is 11.2. The van der Waals surface area contributed by atoms with E-state index in [-0.39, 0.29) is 18.1 Å². The maximum absolute atomic E-state index is 12.9. The van der Waals surface area contributed by atoms with E-state index in [0.29, 0.717) is 5.13 Å². The van der Waals surface area contributed by atoms with Gasteiger partial charge in [-0.2, -0.15) is 0 Å². The Balaban J connectivity index is 1.58. The van der Waals surface area contributed by atoms with Crippen LogP contribution in [0.15, 0.2) is 36.4 Å². The van der Waals surface area contributed by atoms with E-state index < -0.39 is 0 Å². The zero-order chi connectivity index (χ0) is 16.7. The Bertz CT molecular complexity index is 1050. The van der Waals surface area contributed by atoms with E-state index in [1.807, 2.05) is 19.1 Å². The third-order valence-electron chi connectivity index (χ3n) is 3.54. The second kappa shape index (κ2) is 5.92. The number of amides is 1. The summed E-state index contributed by atoms with van der Waals surface area (Å²) in [5, 5.41) is 4.40. The smallest absolute Gasteiger partial charge is 0.230 e. The topological polar surface area (TPSA) is 54.9 Å². The van der Waals surface area contributed by atoms with Gasteiger partial charge >= 0.3 is 0 Å². The summed E-state index contributed by atoms with van der Waals surface area (Å²) in [5.41, 5.74) is 2.57. The summed E-state index contributed by atoms with van der Waals surface area (Å²) in [6, 6.07) is 9.79. The minimum absolute atomic E-state index is 0.169. The lowest BCUT2D eigenvalue weighted by molar-refractivity contribution is -0.115. The number of aromatic nitrogens is 2. The van der Waals surface area contributed by atoms with Crippen LogP contribution in [-0.2, 0) is 11.2 Å². The standard InChI is InChI=1S/C17H12FN3OS2/c1-9-19-12-6-7-13-16(15(12)23-9)24-17(20-13)21-14(22)8-10-2-4-11(18)5-3-10/h2-7H,8H2,1H3,(H,20,21,22). The molecule has 120 valence electrons. The van der Waals surface area contributed by atoms with Crippen LogP contribution in [0, 0.1) is 12.7 Å². The van der Waals surface area contributed by atoms with Crippen LogP contribution in [0.4, 0.5) is 9.52 Å². The molecular formula is C17H12FN3OS2. The van der Waals surface area contributed by atoms with Crippen molar-refractivity contribution in [3.63, 3.8) is 0 Å². The van der Waals surface area contributed by atoms with E-state index in [1.54, 1.807) is 23.5 Å². The number of carbonyl (C=O) groups excluding carboxylic acids is 1. The van der Waals surface area contributed by atoms with Crippen molar-refractivity contribution in [2.24, 2.45) is 0 Å². The van der Waals surface area contributed by atoms with E-state index in [2.05, 4.69) is 15.3 Å². The zero-order valence-electron chi connectivity index (χ0n) is 12.7. The number of halogens is 1. The molecule has 7 heteroatoms. The number of fused-ring (bicyclic) bond motifs is 3. The van der Waals surface area contributed by atoms with Crippen molar-refractivity contribution in [3.05, 3.63) is 52.8 Å². The summed E-state index contributed by atoms with van der Waals surface area (Å²) in [6.07, 6.45) is 0.186. The quantitative estimate of drug-likeness (QED) is 0.586. The molecule has 1 amide bonds. The average molecular weight is 357 g/mol. The summed E-state index contributed by atoms with van der Waals surface area (Å²) in [6.45, 7) is 1.98. The molecule has 2 aromatic heterocycles. The van der Waals surface area contributed by atoms with E-state index >= 15 is 0 Å². The number of anilines is 1. The molecular weight excluding hydrogens is 345 g/mol. The maximum atomic E-state index is 12.9. The summed E-state index contributed by atoms with van der Waals surface area (Å²) < 4.78 is 15.0. The lowest BCUT2D eigenvalue weighted by Crippen LogP contribution is -2.14. The van der Waals surface area contributed by atoms with Crippen molar-refractivity contribution >= 4 is 54.1 Å². The van der Waals surface area contributed by atoms with Crippen LogP contribution in [0.3, 0.4) is 0 Å². The van der Waals surface area contributed by atoms with Gasteiger partial charge < -0.3 is 5.32 Å². The van der Waals surface area contributed by atoms with Gasteiger partial charge in [-0.1, -0.05) is 23.5 Å². The third kappa shape index (κ3) is 2.88. The first-order valence-corrected chi connectivity index (χ1v) is 8.93. The molecule has 0 aliphatic heterocycles. The molecule has 0 radical (unpaired) electrons. The van der Waals surface area contributed by atoms with Crippen molar-refractivity contribution in [1.82, 2.24) is 9.97 Å². The van der Waals surface area contributed by atoms with Gasteiger partial charge in [0.15, 0.2) is 5.13 Å². The molecule has 0 fully saturated rings. The zero-order valence-corrected chi connectivity index (χ0v) is 14.3. The number of aryl methyl sites for hydroxylation is 1. The molecule has 2 heterocycles. The summed E-state index contributed by atoms with van der Waals surface area (Å²) in [4.78, 5) is 21.1. The van der Waals surface area contributed by atoms with Crippen LogP contribution in [-0.4, -0.2) is 15.9 Å². The van der Waals surface area contributed by atoms with Crippen LogP contribution < -0.4 is 5.32 Å². The summed E-state index contributed by atoms with van der Waals surface area (Å²) in [7, 11) is 0. The van der Waals surface area contributed by atoms with Gasteiger partial charge in [0.25, 0.3) is 0 Å². The van der Waals surface area contributed by atoms with Gasteiger partial charge in [0, 0.05) is 0 Å². The molecule has 4 aromatic rings. The number of benzene rings is 2. The summed E-state index contributed by atoms with van der Waals surface area (Å²) in [5.74, 6) is -0.480. The monoisotopic (exact) mass is 357 g/mol. The lowest BCUT2D eigenvalue weighted by atomic mass is 10.1. The molecule has 2 aromatic carbocycles. The molecule has 24 heavy (non-hydrogen) atoms. The fraction of sp³-hybridized carbons (Fsp3) is 0.118. The SMILES string of the molecule is Cc1nc2ccc3nc(NC(=O)Cc4ccc(F)cc4)sc3c2s1. The van der Waals surface area contributed by atoms with Gasteiger partial charge in [-0.15, -0.1) is 11.3 Å². The Morgan fingerprint density at radius 1 is 1.04 bits per heavy atom. The van der Waals surface area contributed by atoms with Crippen LogP contribution in [0.25, 0.3) is 20.4 Å². The second-order valence-electron chi connectivity index (χ2n) is 5.37. The van der Waals surface area contributed by atoms with Gasteiger partial charge in [-0.05, 0) is 36.8 Å². The molecule has 0 atom stereocenters. The van der Waals surface area contributed by atoms with Crippen LogP contribution >= 0.6 is 22.7 Å². The molecule has 4 nitrogen and oxygen atoms in total. The van der Waals surface area contributed by atoms with Crippen molar-refractivity contribution in [1.29, 1.82) is 0 Å². The van der Waals surface area contributed by atoms with Gasteiger partial charge in [-0.3, -0.25) is 4.79 Å². The number of nitrogens with zero attached hydrogens (tertiary/aromatic N) is 2. The number of carbonyl (C=O) groups is 1. The highest BCUT2D eigenvalue weighted by Crippen LogP contribution is 2.35. The number of hydrogen-bond donors (Lipinski definition) is 1. The van der Waals surface area contributed by atoms with Crippen LogP contribution in [0.2, 0.25) is 0 Å². The van der Waals surface area contributed by atoms with Crippen molar-refractivity contribution < 1.29 is 9.18 Å². The molecule has 0 saturated carbocycles. The van der Waals surface area contributed by atoms with Gasteiger partial charge in [0.1, 0.15) is 5.82 Å². The first-order valence-electron chi connectivity index (χ1n) is 7.29. The van der Waals surface area contributed by atoms with Crippen LogP contribution in [0.5, 0.6) is 0 Å². The lowest BCUT2D eigenvalue weighted by Gasteiger charge is -2.01. The molecule has 0 saturated heterocycles. The minimum Gasteiger partial charge on any atom is -0.302 e. The van der Waals surface area contributed by atoms with Crippen molar-refractivity contribution in [3.8, 4) is 0 Å². The molecule has 0 bridgehead atoms. The molecule has 1 N–H and O–H groups in total. The average Bonchev–Trinajstić information content (AvgIpc) is 3.11. The first kappa shape index (κ1) is 15.2. The predicted molar refractivity (Wildman–Crippen MR) is 96.3 cm³/mol. The fourth-order valence-electron chi connectivity index (χ4n) is 2.49. The highest BCUT2D eigenvalue weighted by molar-refractivity contribution is 7.28. The number of hydrogen-bond acceptors (Lipinski definition) is 5. The van der Waals surface area contributed by atoms with Gasteiger partial charge in [0.2, 0.25) is 5.91 Å². The second-order valence-corrected chi connectivity index (χ2v) is 7.57. The number of thiazole rings is 2. The van der Waals surface area contributed by atoms with Gasteiger partial charge in [-0.25, -0.2) is 14.4 Å². The molecule has 0 unspecified atom stereocenters. The largest absolute Gasteiger partial charge is 0.302 e. The van der Waals surface area contributed by atoms with Crippen molar-refractivity contribution in [2.45, 2.75) is 13.3 Å². The Morgan fingerprint density at radius 3 is 2.46 bits per heavy atom.